The van der Waals surface area contributed by atoms with E-state index in [0.717, 1.165) is 12.1 Å². The Morgan fingerprint density at radius 1 is 1.00 bits per heavy atom. The number of thioether (sulfide) groups is 1. The van der Waals surface area contributed by atoms with E-state index in [-0.39, 0.29) is 17.1 Å². The maximum atomic E-state index is 13.6. The number of anilines is 2. The molecule has 29 heavy (non-hydrogen) atoms. The first-order valence-electron chi connectivity index (χ1n) is 8.31. The minimum absolute atomic E-state index is 0.153. The van der Waals surface area contributed by atoms with Gasteiger partial charge in [-0.05, 0) is 36.6 Å². The van der Waals surface area contributed by atoms with Crippen molar-refractivity contribution in [2.75, 3.05) is 25.8 Å². The van der Waals surface area contributed by atoms with Gasteiger partial charge in [0.25, 0.3) is 0 Å². The van der Waals surface area contributed by atoms with E-state index in [4.69, 9.17) is 9.47 Å². The second kappa shape index (κ2) is 8.75. The van der Waals surface area contributed by atoms with Crippen molar-refractivity contribution in [2.45, 2.75) is 5.16 Å². The van der Waals surface area contributed by atoms with Gasteiger partial charge in [-0.25, -0.2) is 18.7 Å². The average Bonchev–Trinajstić information content (AvgIpc) is 2.75. The molecule has 0 aliphatic carbocycles. The van der Waals surface area contributed by atoms with Crippen molar-refractivity contribution in [3.8, 4) is 28.8 Å². The fourth-order valence-corrected chi connectivity index (χ4v) is 3.00. The van der Waals surface area contributed by atoms with E-state index < -0.39 is 11.6 Å². The van der Waals surface area contributed by atoms with Gasteiger partial charge in [0.2, 0.25) is 0 Å². The van der Waals surface area contributed by atoms with E-state index in [0.29, 0.717) is 27.9 Å². The first kappa shape index (κ1) is 20.4. The standard InChI is InChI=1S/C20H16F2N4O2S/c1-27-16-7-4-11(8-17(16)28-2)18-13(10-23)19(26-20(25-18)29-3)24-12-5-6-14(21)15(22)9-12/h4-9H,1-3H3,(H,24,25,26). The summed E-state index contributed by atoms with van der Waals surface area (Å²) in [5.74, 6) is -0.771. The third kappa shape index (κ3) is 4.22. The molecule has 1 heterocycles. The summed E-state index contributed by atoms with van der Waals surface area (Å²) in [6, 6.07) is 10.6. The van der Waals surface area contributed by atoms with Gasteiger partial charge in [0.15, 0.2) is 34.1 Å². The van der Waals surface area contributed by atoms with Crippen LogP contribution in [-0.4, -0.2) is 30.4 Å². The van der Waals surface area contributed by atoms with Gasteiger partial charge >= 0.3 is 0 Å². The molecule has 1 N–H and O–H groups in total. The maximum Gasteiger partial charge on any atom is 0.189 e. The van der Waals surface area contributed by atoms with E-state index in [2.05, 4.69) is 21.4 Å². The normalized spacial score (nSPS) is 10.3. The van der Waals surface area contributed by atoms with Crippen LogP contribution in [0.1, 0.15) is 5.56 Å². The molecule has 0 saturated carbocycles. The highest BCUT2D eigenvalue weighted by Crippen LogP contribution is 2.35. The van der Waals surface area contributed by atoms with Crippen LogP contribution in [0.15, 0.2) is 41.6 Å². The quantitative estimate of drug-likeness (QED) is 0.459. The van der Waals surface area contributed by atoms with E-state index in [1.165, 1.54) is 32.0 Å². The lowest BCUT2D eigenvalue weighted by atomic mass is 10.1. The van der Waals surface area contributed by atoms with Crippen LogP contribution in [0.5, 0.6) is 11.5 Å². The SMILES string of the molecule is COc1ccc(-c2nc(SC)nc(Nc3ccc(F)c(F)c3)c2C#N)cc1OC. The number of aromatic nitrogens is 2. The molecule has 3 aromatic rings. The molecule has 9 heteroatoms. The number of hydrogen-bond donors (Lipinski definition) is 1. The summed E-state index contributed by atoms with van der Waals surface area (Å²) < 4.78 is 37.4. The Morgan fingerprint density at radius 3 is 2.38 bits per heavy atom. The van der Waals surface area contributed by atoms with Crippen LogP contribution < -0.4 is 14.8 Å². The molecule has 0 atom stereocenters. The van der Waals surface area contributed by atoms with Gasteiger partial charge in [-0.3, -0.25) is 0 Å². The summed E-state index contributed by atoms with van der Waals surface area (Å²) in [7, 11) is 3.04. The van der Waals surface area contributed by atoms with Gasteiger partial charge in [0.05, 0.1) is 19.9 Å². The summed E-state index contributed by atoms with van der Waals surface area (Å²) in [5.41, 5.74) is 1.40. The number of nitrogens with zero attached hydrogens (tertiary/aromatic N) is 3. The number of nitriles is 1. The van der Waals surface area contributed by atoms with Gasteiger partial charge in [-0.2, -0.15) is 5.26 Å². The summed E-state index contributed by atoms with van der Waals surface area (Å²) in [4.78, 5) is 8.77. The van der Waals surface area contributed by atoms with Crippen molar-refractivity contribution in [3.05, 3.63) is 53.6 Å². The number of nitrogens with one attached hydrogen (secondary N) is 1. The average molecular weight is 414 g/mol. The molecule has 0 aliphatic rings. The summed E-state index contributed by atoms with van der Waals surface area (Å²) in [6.45, 7) is 0. The van der Waals surface area contributed by atoms with Gasteiger partial charge in [-0.15, -0.1) is 0 Å². The molecule has 1 aromatic heterocycles. The van der Waals surface area contributed by atoms with Gasteiger partial charge < -0.3 is 14.8 Å². The molecule has 0 spiro atoms. The number of methoxy groups -OCH3 is 2. The van der Waals surface area contributed by atoms with Gasteiger partial charge in [-0.1, -0.05) is 11.8 Å². The molecular weight excluding hydrogens is 398 g/mol. The molecule has 0 amide bonds. The molecule has 0 bridgehead atoms. The molecule has 0 radical (unpaired) electrons. The highest BCUT2D eigenvalue weighted by atomic mass is 32.2. The van der Waals surface area contributed by atoms with E-state index >= 15 is 0 Å². The van der Waals surface area contributed by atoms with Crippen LogP contribution in [0, 0.1) is 23.0 Å². The highest BCUT2D eigenvalue weighted by molar-refractivity contribution is 7.98. The fraction of sp³-hybridized carbons (Fsp3) is 0.150. The Hall–Kier alpha value is -3.38. The van der Waals surface area contributed by atoms with Crippen molar-refractivity contribution < 1.29 is 18.3 Å². The molecular formula is C20H16F2N4O2S. The lowest BCUT2D eigenvalue weighted by Crippen LogP contribution is -2.04. The second-order valence-corrected chi connectivity index (χ2v) is 6.49. The molecule has 6 nitrogen and oxygen atoms in total. The second-order valence-electron chi connectivity index (χ2n) is 5.72. The molecule has 3 rings (SSSR count). The molecule has 0 aliphatic heterocycles. The number of ether oxygens (including phenoxy) is 2. The van der Waals surface area contributed by atoms with Crippen molar-refractivity contribution in [2.24, 2.45) is 0 Å². The Labute approximate surface area is 170 Å². The Kier molecular flexibility index (Phi) is 6.14. The molecule has 0 fully saturated rings. The smallest absolute Gasteiger partial charge is 0.189 e. The molecule has 0 unspecified atom stereocenters. The zero-order chi connectivity index (χ0) is 21.0. The third-order valence-corrected chi connectivity index (χ3v) is 4.57. The predicted octanol–water partition coefficient (Wildman–Crippen LogP) is 4.78. The van der Waals surface area contributed by atoms with Crippen molar-refractivity contribution >= 4 is 23.3 Å². The minimum Gasteiger partial charge on any atom is -0.493 e. The van der Waals surface area contributed by atoms with Gasteiger partial charge in [0.1, 0.15) is 11.6 Å². The monoisotopic (exact) mass is 414 g/mol. The van der Waals surface area contributed by atoms with Crippen LogP contribution >= 0.6 is 11.8 Å². The van der Waals surface area contributed by atoms with Crippen LogP contribution in [0.25, 0.3) is 11.3 Å². The predicted molar refractivity (Wildman–Crippen MR) is 107 cm³/mol. The Balaban J connectivity index is 2.14. The van der Waals surface area contributed by atoms with E-state index in [9.17, 15) is 14.0 Å². The van der Waals surface area contributed by atoms with Crippen LogP contribution in [0.2, 0.25) is 0 Å². The molecule has 2 aromatic carbocycles. The topological polar surface area (TPSA) is 80.1 Å². The lowest BCUT2D eigenvalue weighted by Gasteiger charge is -2.14. The summed E-state index contributed by atoms with van der Waals surface area (Å²) >= 11 is 1.28. The van der Waals surface area contributed by atoms with Gasteiger partial charge in [0, 0.05) is 17.3 Å². The van der Waals surface area contributed by atoms with Crippen LogP contribution in [0.3, 0.4) is 0 Å². The minimum atomic E-state index is -1.01. The third-order valence-electron chi connectivity index (χ3n) is 4.02. The lowest BCUT2D eigenvalue weighted by molar-refractivity contribution is 0.355. The van der Waals surface area contributed by atoms with E-state index in [1.807, 2.05) is 0 Å². The Morgan fingerprint density at radius 2 is 1.76 bits per heavy atom. The largest absolute Gasteiger partial charge is 0.493 e. The summed E-state index contributed by atoms with van der Waals surface area (Å²) in [5, 5.41) is 13.0. The molecule has 0 saturated heterocycles. The highest BCUT2D eigenvalue weighted by Gasteiger charge is 2.18. The van der Waals surface area contributed by atoms with Crippen molar-refractivity contribution in [1.29, 1.82) is 5.26 Å². The maximum absolute atomic E-state index is 13.6. The number of benzene rings is 2. The number of halogens is 2. The first-order chi connectivity index (χ1) is 14.0. The number of rotatable bonds is 6. The van der Waals surface area contributed by atoms with Crippen LogP contribution in [0.4, 0.5) is 20.3 Å². The summed E-state index contributed by atoms with van der Waals surface area (Å²) in [6.07, 6.45) is 1.79. The zero-order valence-corrected chi connectivity index (χ0v) is 16.6. The fourth-order valence-electron chi connectivity index (χ4n) is 2.63. The molecule has 148 valence electrons. The van der Waals surface area contributed by atoms with Crippen LogP contribution in [-0.2, 0) is 0 Å². The zero-order valence-electron chi connectivity index (χ0n) is 15.8. The van der Waals surface area contributed by atoms with Crippen molar-refractivity contribution in [1.82, 2.24) is 9.97 Å². The van der Waals surface area contributed by atoms with Crippen molar-refractivity contribution in [3.63, 3.8) is 0 Å². The first-order valence-corrected chi connectivity index (χ1v) is 9.53. The van der Waals surface area contributed by atoms with E-state index in [1.54, 1.807) is 24.5 Å². The number of hydrogen-bond acceptors (Lipinski definition) is 7. The Bertz CT molecular complexity index is 1100.